The highest BCUT2D eigenvalue weighted by Crippen LogP contribution is 2.26. The molecule has 0 saturated carbocycles. The van der Waals surface area contributed by atoms with E-state index in [0.717, 1.165) is 22.1 Å². The third kappa shape index (κ3) is 4.87. The van der Waals surface area contributed by atoms with Crippen molar-refractivity contribution < 1.29 is 19.1 Å². The van der Waals surface area contributed by atoms with E-state index in [1.165, 1.54) is 6.92 Å². The van der Waals surface area contributed by atoms with E-state index in [4.69, 9.17) is 21.1 Å². The summed E-state index contributed by atoms with van der Waals surface area (Å²) in [6, 6.07) is 18.4. The highest BCUT2D eigenvalue weighted by atomic mass is 35.5. The fraction of sp³-hybridized carbons (Fsp3) is 0.217. The molecular weight excluding hydrogens is 390 g/mol. The van der Waals surface area contributed by atoms with Gasteiger partial charge in [0.25, 0.3) is 5.91 Å². The number of benzene rings is 3. The van der Waals surface area contributed by atoms with Crippen LogP contribution in [0.5, 0.6) is 5.75 Å². The van der Waals surface area contributed by atoms with Crippen LogP contribution in [0.3, 0.4) is 0 Å². The van der Waals surface area contributed by atoms with Crippen molar-refractivity contribution in [1.29, 1.82) is 0 Å². The van der Waals surface area contributed by atoms with Gasteiger partial charge in [-0.2, -0.15) is 0 Å². The van der Waals surface area contributed by atoms with Gasteiger partial charge in [-0.25, -0.2) is 0 Å². The van der Waals surface area contributed by atoms with Gasteiger partial charge in [0.2, 0.25) is 0 Å². The van der Waals surface area contributed by atoms with Crippen molar-refractivity contribution in [2.24, 2.45) is 0 Å². The van der Waals surface area contributed by atoms with Crippen molar-refractivity contribution in [2.45, 2.75) is 25.9 Å². The molecule has 0 aliphatic heterocycles. The lowest BCUT2D eigenvalue weighted by Gasteiger charge is -2.17. The van der Waals surface area contributed by atoms with E-state index >= 15 is 0 Å². The molecule has 0 radical (unpaired) electrons. The number of esters is 1. The van der Waals surface area contributed by atoms with E-state index < -0.39 is 23.9 Å². The maximum Gasteiger partial charge on any atom is 0.313 e. The van der Waals surface area contributed by atoms with Gasteiger partial charge >= 0.3 is 5.97 Å². The molecule has 3 rings (SSSR count). The quantitative estimate of drug-likeness (QED) is 0.568. The first kappa shape index (κ1) is 20.7. The second-order valence-corrected chi connectivity index (χ2v) is 7.15. The average molecular weight is 412 g/mol. The molecule has 2 atom stereocenters. The maximum absolute atomic E-state index is 12.6. The first-order chi connectivity index (χ1) is 13.9. The molecule has 1 amide bonds. The van der Waals surface area contributed by atoms with Gasteiger partial charge in [-0.3, -0.25) is 9.59 Å². The Labute approximate surface area is 174 Å². The summed E-state index contributed by atoms with van der Waals surface area (Å²) in [6.07, 6.45) is -0.953. The van der Waals surface area contributed by atoms with E-state index in [2.05, 4.69) is 5.32 Å². The van der Waals surface area contributed by atoms with Crippen LogP contribution < -0.4 is 10.1 Å². The zero-order valence-electron chi connectivity index (χ0n) is 16.4. The normalized spacial score (nSPS) is 12.8. The number of methoxy groups -OCH3 is 1. The number of carbonyl (C=O) groups excluding carboxylic acids is 2. The lowest BCUT2D eigenvalue weighted by Crippen LogP contribution is -2.31. The average Bonchev–Trinajstić information content (AvgIpc) is 2.73. The number of amides is 1. The standard InChI is InChI=1S/C23H22ClNO4/c1-14(16-8-9-18-13-19(28-3)11-10-17(18)12-16)23(27)29-15(2)22(26)25-21-7-5-4-6-20(21)24/h4-15H,1-3H3,(H,25,26)/t14-,15+/m0/s1. The summed E-state index contributed by atoms with van der Waals surface area (Å²) >= 11 is 6.05. The molecule has 5 nitrogen and oxygen atoms in total. The molecule has 0 aliphatic rings. The van der Waals surface area contributed by atoms with E-state index in [-0.39, 0.29) is 0 Å². The summed E-state index contributed by atoms with van der Waals surface area (Å²) in [4.78, 5) is 24.9. The van der Waals surface area contributed by atoms with Gasteiger partial charge in [0.05, 0.1) is 23.7 Å². The van der Waals surface area contributed by atoms with Crippen LogP contribution in [0, 0.1) is 0 Å². The topological polar surface area (TPSA) is 64.6 Å². The molecule has 0 heterocycles. The molecule has 0 unspecified atom stereocenters. The van der Waals surface area contributed by atoms with Crippen molar-refractivity contribution in [3.05, 3.63) is 71.2 Å². The fourth-order valence-electron chi connectivity index (χ4n) is 2.90. The van der Waals surface area contributed by atoms with Gasteiger partial charge in [0.1, 0.15) is 5.75 Å². The largest absolute Gasteiger partial charge is 0.497 e. The van der Waals surface area contributed by atoms with Crippen molar-refractivity contribution in [3.63, 3.8) is 0 Å². The SMILES string of the molecule is COc1ccc2cc([C@H](C)C(=O)O[C@H](C)C(=O)Nc3ccccc3Cl)ccc2c1. The van der Waals surface area contributed by atoms with Crippen molar-refractivity contribution in [3.8, 4) is 5.75 Å². The number of rotatable bonds is 6. The number of para-hydroxylation sites is 1. The summed E-state index contributed by atoms with van der Waals surface area (Å²) in [7, 11) is 1.62. The molecule has 0 saturated heterocycles. The molecule has 0 aliphatic carbocycles. The number of ether oxygens (including phenoxy) is 2. The summed E-state index contributed by atoms with van der Waals surface area (Å²) in [5, 5.41) is 5.09. The molecule has 1 N–H and O–H groups in total. The van der Waals surface area contributed by atoms with E-state index in [1.54, 1.807) is 38.3 Å². The molecule has 3 aromatic rings. The molecule has 6 heteroatoms. The monoisotopic (exact) mass is 411 g/mol. The third-order valence-corrected chi connectivity index (χ3v) is 5.05. The van der Waals surface area contributed by atoms with Crippen LogP contribution in [-0.2, 0) is 14.3 Å². The highest BCUT2D eigenvalue weighted by molar-refractivity contribution is 6.33. The number of anilines is 1. The third-order valence-electron chi connectivity index (χ3n) is 4.72. The number of halogens is 1. The summed E-state index contributed by atoms with van der Waals surface area (Å²) in [5.74, 6) is -0.656. The zero-order valence-corrected chi connectivity index (χ0v) is 17.2. The van der Waals surface area contributed by atoms with Crippen LogP contribution >= 0.6 is 11.6 Å². The predicted octanol–water partition coefficient (Wildman–Crippen LogP) is 5.18. The maximum atomic E-state index is 12.6. The van der Waals surface area contributed by atoms with Crippen LogP contribution in [0.1, 0.15) is 25.3 Å². The van der Waals surface area contributed by atoms with Crippen molar-refractivity contribution in [1.82, 2.24) is 0 Å². The Kier molecular flexibility index (Phi) is 6.39. The molecule has 0 bridgehead atoms. The predicted molar refractivity (Wildman–Crippen MR) is 115 cm³/mol. The second-order valence-electron chi connectivity index (χ2n) is 6.74. The highest BCUT2D eigenvalue weighted by Gasteiger charge is 2.23. The number of hydrogen-bond acceptors (Lipinski definition) is 4. The number of fused-ring (bicyclic) bond motifs is 1. The van der Waals surface area contributed by atoms with Crippen LogP contribution in [0.25, 0.3) is 10.8 Å². The lowest BCUT2D eigenvalue weighted by atomic mass is 9.98. The van der Waals surface area contributed by atoms with Crippen molar-refractivity contribution >= 4 is 39.9 Å². The Morgan fingerprint density at radius 1 is 0.966 bits per heavy atom. The minimum atomic E-state index is -0.953. The smallest absolute Gasteiger partial charge is 0.313 e. The molecule has 0 aromatic heterocycles. The summed E-state index contributed by atoms with van der Waals surface area (Å²) in [5.41, 5.74) is 1.28. The van der Waals surface area contributed by atoms with Gasteiger partial charge in [-0.15, -0.1) is 0 Å². The van der Waals surface area contributed by atoms with Crippen LogP contribution in [0.2, 0.25) is 5.02 Å². The van der Waals surface area contributed by atoms with Gasteiger partial charge in [0.15, 0.2) is 6.10 Å². The Hall–Kier alpha value is -3.05. The van der Waals surface area contributed by atoms with Crippen molar-refractivity contribution in [2.75, 3.05) is 12.4 Å². The van der Waals surface area contributed by atoms with Crippen LogP contribution in [0.4, 0.5) is 5.69 Å². The Morgan fingerprint density at radius 3 is 2.38 bits per heavy atom. The van der Waals surface area contributed by atoms with Crippen LogP contribution in [-0.4, -0.2) is 25.1 Å². The molecular formula is C23H22ClNO4. The Balaban J connectivity index is 1.67. The first-order valence-electron chi connectivity index (χ1n) is 9.22. The van der Waals surface area contributed by atoms with Crippen LogP contribution in [0.15, 0.2) is 60.7 Å². The summed E-state index contributed by atoms with van der Waals surface area (Å²) in [6.45, 7) is 3.29. The lowest BCUT2D eigenvalue weighted by molar-refractivity contribution is -0.154. The second kappa shape index (κ2) is 8.97. The fourth-order valence-corrected chi connectivity index (χ4v) is 3.08. The number of nitrogens with one attached hydrogen (secondary N) is 1. The van der Waals surface area contributed by atoms with E-state index in [1.807, 2.05) is 36.4 Å². The zero-order chi connectivity index (χ0) is 21.0. The van der Waals surface area contributed by atoms with E-state index in [0.29, 0.717) is 10.7 Å². The Bertz CT molecular complexity index is 1050. The number of carbonyl (C=O) groups is 2. The van der Waals surface area contributed by atoms with Gasteiger partial charge in [-0.1, -0.05) is 48.0 Å². The van der Waals surface area contributed by atoms with Gasteiger partial charge in [-0.05, 0) is 54.4 Å². The molecule has 3 aromatic carbocycles. The molecule has 150 valence electrons. The minimum absolute atomic E-state index is 0.417. The number of hydrogen-bond donors (Lipinski definition) is 1. The molecule has 0 fully saturated rings. The Morgan fingerprint density at radius 2 is 1.66 bits per heavy atom. The minimum Gasteiger partial charge on any atom is -0.497 e. The van der Waals surface area contributed by atoms with Gasteiger partial charge in [0, 0.05) is 0 Å². The summed E-state index contributed by atoms with van der Waals surface area (Å²) < 4.78 is 10.6. The van der Waals surface area contributed by atoms with E-state index in [9.17, 15) is 9.59 Å². The molecule has 0 spiro atoms. The molecule has 29 heavy (non-hydrogen) atoms. The first-order valence-corrected chi connectivity index (χ1v) is 9.60. The van der Waals surface area contributed by atoms with Gasteiger partial charge < -0.3 is 14.8 Å².